The molecule has 3 aliphatic heterocycles. The number of ether oxygens (including phenoxy) is 1. The first kappa shape index (κ1) is 14.5. The van der Waals surface area contributed by atoms with Crippen molar-refractivity contribution in [3.05, 3.63) is 12.5 Å². The molecule has 128 valence electrons. The predicted molar refractivity (Wildman–Crippen MR) is 86.4 cm³/mol. The van der Waals surface area contributed by atoms with Gasteiger partial charge >= 0.3 is 6.03 Å². The number of rotatable bonds is 2. The van der Waals surface area contributed by atoms with Gasteiger partial charge in [0.1, 0.15) is 12.1 Å². The minimum absolute atomic E-state index is 0.463. The molecule has 0 aliphatic carbocycles. The molecule has 3 aliphatic rings. The van der Waals surface area contributed by atoms with E-state index in [-0.39, 0.29) is 0 Å². The van der Waals surface area contributed by atoms with E-state index in [0.717, 1.165) is 37.5 Å². The number of nitrogens with zero attached hydrogens (tertiary/aromatic N) is 6. The molecule has 2 aromatic heterocycles. The number of aliphatic imine (C=N–C) groups is 1. The van der Waals surface area contributed by atoms with Gasteiger partial charge in [0.2, 0.25) is 0 Å². The molecule has 0 bridgehead atoms. The third kappa shape index (κ3) is 2.29. The van der Waals surface area contributed by atoms with Crippen LogP contribution in [-0.4, -0.2) is 64.2 Å². The lowest BCUT2D eigenvalue weighted by Crippen LogP contribution is -2.40. The maximum Gasteiger partial charge on any atom is 0.347 e. The summed E-state index contributed by atoms with van der Waals surface area (Å²) in [5, 5.41) is 7.32. The number of carbonyl (C=O) groups is 2. The number of amides is 3. The van der Waals surface area contributed by atoms with Gasteiger partial charge in [-0.2, -0.15) is 5.10 Å². The van der Waals surface area contributed by atoms with Crippen molar-refractivity contribution in [1.82, 2.24) is 25.1 Å². The van der Waals surface area contributed by atoms with E-state index in [9.17, 15) is 9.59 Å². The zero-order chi connectivity index (χ0) is 17.0. The lowest BCUT2D eigenvalue weighted by atomic mass is 10.0. The van der Waals surface area contributed by atoms with Gasteiger partial charge in [-0.1, -0.05) is 0 Å². The Hall–Kier alpha value is -2.88. The lowest BCUT2D eigenvalue weighted by Gasteiger charge is -2.18. The van der Waals surface area contributed by atoms with Crippen LogP contribution in [0.5, 0.6) is 0 Å². The summed E-state index contributed by atoms with van der Waals surface area (Å²) in [5.41, 5.74) is 0.511. The number of urea groups is 1. The van der Waals surface area contributed by atoms with Crippen molar-refractivity contribution >= 4 is 35.0 Å². The highest BCUT2D eigenvalue weighted by atomic mass is 16.5. The third-order valence-electron chi connectivity index (χ3n) is 4.97. The summed E-state index contributed by atoms with van der Waals surface area (Å²) < 4.78 is 6.99. The second-order valence-electron chi connectivity index (χ2n) is 6.52. The van der Waals surface area contributed by atoms with Gasteiger partial charge in [0.15, 0.2) is 11.7 Å². The van der Waals surface area contributed by atoms with E-state index in [1.54, 1.807) is 6.20 Å². The van der Waals surface area contributed by atoms with Gasteiger partial charge in [0.05, 0.1) is 18.6 Å². The summed E-state index contributed by atoms with van der Waals surface area (Å²) in [6.45, 7) is 3.37. The number of hydrogen-bond acceptors (Lipinski definition) is 7. The van der Waals surface area contributed by atoms with Crippen molar-refractivity contribution in [1.29, 1.82) is 0 Å². The highest BCUT2D eigenvalue weighted by Gasteiger charge is 2.38. The zero-order valence-electron chi connectivity index (χ0n) is 13.2. The molecule has 5 rings (SSSR count). The molecule has 3 atom stereocenters. The van der Waals surface area contributed by atoms with Gasteiger partial charge < -0.3 is 9.64 Å². The standard InChI is InChI=1S/C15H15N7O3/c23-14-11(1-16-15(24)19-14)22-4-10-12(20-22)17-7-18-13(10)21-2-8-5-25-6-9(8)3-21/h1,4,7-9,11H,2-3,5-6H2,(H,19,23,24)/t8-,9-,11?/m1/s1. The van der Waals surface area contributed by atoms with Crippen LogP contribution < -0.4 is 10.2 Å². The minimum Gasteiger partial charge on any atom is -0.381 e. The van der Waals surface area contributed by atoms with Crippen molar-refractivity contribution in [2.75, 3.05) is 31.2 Å². The van der Waals surface area contributed by atoms with E-state index < -0.39 is 18.0 Å². The van der Waals surface area contributed by atoms with E-state index in [1.165, 1.54) is 17.2 Å². The molecule has 5 heterocycles. The Morgan fingerprint density at radius 1 is 1.16 bits per heavy atom. The monoisotopic (exact) mass is 341 g/mol. The van der Waals surface area contributed by atoms with Gasteiger partial charge in [-0.3, -0.25) is 14.8 Å². The summed E-state index contributed by atoms with van der Waals surface area (Å²) in [6.07, 6.45) is 4.51. The predicted octanol–water partition coefficient (Wildman–Crippen LogP) is -0.229. The number of nitrogens with one attached hydrogen (secondary N) is 1. The number of anilines is 1. The maximum absolute atomic E-state index is 12.0. The molecular formula is C15H15N7O3. The largest absolute Gasteiger partial charge is 0.381 e. The molecule has 0 aromatic carbocycles. The molecule has 0 spiro atoms. The van der Waals surface area contributed by atoms with Gasteiger partial charge in [-0.05, 0) is 0 Å². The fourth-order valence-electron chi connectivity index (χ4n) is 3.70. The fraction of sp³-hybridized carbons (Fsp3) is 0.467. The average Bonchev–Trinajstić information content (AvgIpc) is 3.28. The summed E-state index contributed by atoms with van der Waals surface area (Å²) in [4.78, 5) is 37.7. The molecule has 0 saturated carbocycles. The Kier molecular flexibility index (Phi) is 3.07. The summed E-state index contributed by atoms with van der Waals surface area (Å²) >= 11 is 0. The SMILES string of the molecule is O=C1N=CC(n2cc3c(N4C[C@@H]5COC[C@H]5C4)ncnc3n2)C(=O)N1. The van der Waals surface area contributed by atoms with Gasteiger partial charge in [-0.15, -0.1) is 0 Å². The number of imide groups is 1. The van der Waals surface area contributed by atoms with Crippen LogP contribution >= 0.6 is 0 Å². The van der Waals surface area contributed by atoms with Crippen LogP contribution in [0.1, 0.15) is 6.04 Å². The molecule has 2 saturated heterocycles. The molecule has 0 radical (unpaired) electrons. The highest BCUT2D eigenvalue weighted by molar-refractivity contribution is 6.10. The normalized spacial score (nSPS) is 28.6. The van der Waals surface area contributed by atoms with E-state index in [0.29, 0.717) is 17.5 Å². The second-order valence-corrected chi connectivity index (χ2v) is 6.52. The molecule has 3 amide bonds. The lowest BCUT2D eigenvalue weighted by molar-refractivity contribution is -0.121. The van der Waals surface area contributed by atoms with Crippen molar-refractivity contribution in [2.24, 2.45) is 16.8 Å². The minimum atomic E-state index is -0.772. The van der Waals surface area contributed by atoms with E-state index in [4.69, 9.17) is 4.74 Å². The maximum atomic E-state index is 12.0. The van der Waals surface area contributed by atoms with Crippen molar-refractivity contribution in [2.45, 2.75) is 6.04 Å². The molecule has 1 unspecified atom stereocenters. The summed E-state index contributed by atoms with van der Waals surface area (Å²) in [7, 11) is 0. The van der Waals surface area contributed by atoms with Crippen LogP contribution in [0.2, 0.25) is 0 Å². The van der Waals surface area contributed by atoms with E-state index in [2.05, 4.69) is 30.3 Å². The zero-order valence-corrected chi connectivity index (χ0v) is 13.2. The third-order valence-corrected chi connectivity index (χ3v) is 4.97. The Morgan fingerprint density at radius 2 is 1.96 bits per heavy atom. The molecule has 10 nitrogen and oxygen atoms in total. The van der Waals surface area contributed by atoms with Crippen LogP contribution in [0.25, 0.3) is 11.0 Å². The molecule has 2 fully saturated rings. The van der Waals surface area contributed by atoms with Crippen molar-refractivity contribution < 1.29 is 14.3 Å². The van der Waals surface area contributed by atoms with Crippen molar-refractivity contribution in [3.8, 4) is 0 Å². The van der Waals surface area contributed by atoms with Gasteiger partial charge in [-0.25, -0.2) is 19.8 Å². The van der Waals surface area contributed by atoms with Crippen molar-refractivity contribution in [3.63, 3.8) is 0 Å². The quantitative estimate of drug-likeness (QED) is 0.802. The fourth-order valence-corrected chi connectivity index (χ4v) is 3.70. The number of carbonyl (C=O) groups excluding carboxylic acids is 2. The molecule has 1 N–H and O–H groups in total. The number of aromatic nitrogens is 4. The smallest absolute Gasteiger partial charge is 0.347 e. The number of fused-ring (bicyclic) bond motifs is 2. The average molecular weight is 341 g/mol. The van der Waals surface area contributed by atoms with Crippen LogP contribution in [0.3, 0.4) is 0 Å². The molecule has 2 aromatic rings. The van der Waals surface area contributed by atoms with Gasteiger partial charge in [0.25, 0.3) is 5.91 Å². The van der Waals surface area contributed by atoms with Crippen LogP contribution in [-0.2, 0) is 9.53 Å². The first-order valence-corrected chi connectivity index (χ1v) is 8.10. The Labute approximate surface area is 141 Å². The highest BCUT2D eigenvalue weighted by Crippen LogP contribution is 2.34. The topological polar surface area (TPSA) is 115 Å². The first-order chi connectivity index (χ1) is 12.2. The molecular weight excluding hydrogens is 326 g/mol. The summed E-state index contributed by atoms with van der Waals surface area (Å²) in [6, 6.07) is -1.43. The van der Waals surface area contributed by atoms with Crippen LogP contribution in [0.15, 0.2) is 17.5 Å². The Morgan fingerprint density at radius 3 is 2.72 bits per heavy atom. The Balaban J connectivity index is 1.52. The summed E-state index contributed by atoms with van der Waals surface area (Å²) in [5.74, 6) is 1.41. The molecule has 10 heteroatoms. The van der Waals surface area contributed by atoms with Crippen LogP contribution in [0.4, 0.5) is 10.6 Å². The van der Waals surface area contributed by atoms with Gasteiger partial charge in [0, 0.05) is 37.3 Å². The van der Waals surface area contributed by atoms with E-state index >= 15 is 0 Å². The van der Waals surface area contributed by atoms with E-state index in [1.807, 2.05) is 0 Å². The first-order valence-electron chi connectivity index (χ1n) is 8.10. The Bertz CT molecular complexity index is 896. The number of hydrogen-bond donors (Lipinski definition) is 1. The van der Waals surface area contributed by atoms with Crippen LogP contribution in [0, 0.1) is 11.8 Å². The second kappa shape index (κ2) is 5.31. The molecule has 25 heavy (non-hydrogen) atoms.